The van der Waals surface area contributed by atoms with E-state index in [0.717, 1.165) is 33.4 Å². The van der Waals surface area contributed by atoms with Crippen molar-refractivity contribution in [2.45, 2.75) is 20.0 Å². The van der Waals surface area contributed by atoms with Gasteiger partial charge in [0, 0.05) is 5.56 Å². The minimum Gasteiger partial charge on any atom is -0.436 e. The quantitative estimate of drug-likeness (QED) is 0.289. The fraction of sp³-hybridized carbons (Fsp3) is 0.208. The molecule has 3 aromatic carbocycles. The van der Waals surface area contributed by atoms with E-state index in [9.17, 15) is 4.57 Å². The van der Waals surface area contributed by atoms with Crippen LogP contribution in [0.4, 0.5) is 0 Å². The molecule has 1 aromatic heterocycles. The molecule has 0 bridgehead atoms. The second-order valence-electron chi connectivity index (χ2n) is 6.87. The summed E-state index contributed by atoms with van der Waals surface area (Å²) in [6.07, 6.45) is 0.239. The lowest BCUT2D eigenvalue weighted by atomic mass is 10.1. The van der Waals surface area contributed by atoms with Gasteiger partial charge in [0.05, 0.1) is 19.4 Å². The fourth-order valence-corrected chi connectivity index (χ4v) is 5.06. The molecule has 0 fully saturated rings. The summed E-state index contributed by atoms with van der Waals surface area (Å²) >= 11 is 0. The summed E-state index contributed by atoms with van der Waals surface area (Å²) in [6, 6.07) is 23.9. The van der Waals surface area contributed by atoms with Crippen LogP contribution in [0.25, 0.3) is 33.7 Å². The Balaban J connectivity index is 1.57. The lowest BCUT2D eigenvalue weighted by Crippen LogP contribution is -1.99. The fourth-order valence-electron chi connectivity index (χ4n) is 3.36. The van der Waals surface area contributed by atoms with Crippen LogP contribution in [0.3, 0.4) is 0 Å². The van der Waals surface area contributed by atoms with Gasteiger partial charge in [-0.3, -0.25) is 4.57 Å². The van der Waals surface area contributed by atoms with E-state index in [2.05, 4.69) is 17.1 Å². The molecule has 0 spiro atoms. The summed E-state index contributed by atoms with van der Waals surface area (Å²) < 4.78 is 29.4. The van der Waals surface area contributed by atoms with Gasteiger partial charge >= 0.3 is 7.60 Å². The van der Waals surface area contributed by atoms with Crippen LogP contribution in [-0.2, 0) is 19.8 Å². The van der Waals surface area contributed by atoms with E-state index in [0.29, 0.717) is 19.1 Å². The van der Waals surface area contributed by atoms with Crippen LogP contribution >= 0.6 is 7.60 Å². The maximum Gasteiger partial charge on any atom is 0.335 e. The second kappa shape index (κ2) is 8.97. The van der Waals surface area contributed by atoms with Crippen molar-refractivity contribution < 1.29 is 18.0 Å². The Hall–Kier alpha value is -2.72. The molecule has 6 heteroatoms. The van der Waals surface area contributed by atoms with E-state index in [1.807, 2.05) is 74.5 Å². The predicted molar refractivity (Wildman–Crippen MR) is 119 cm³/mol. The Labute approximate surface area is 176 Å². The number of hydrogen-bond donors (Lipinski definition) is 0. The molecule has 154 valence electrons. The van der Waals surface area contributed by atoms with Gasteiger partial charge in [0.2, 0.25) is 5.89 Å². The molecule has 0 aliphatic carbocycles. The van der Waals surface area contributed by atoms with E-state index >= 15 is 0 Å². The van der Waals surface area contributed by atoms with E-state index in [-0.39, 0.29) is 6.16 Å². The summed E-state index contributed by atoms with van der Waals surface area (Å²) in [5.74, 6) is 0.555. The molecule has 0 aliphatic heterocycles. The Bertz CT molecular complexity index is 1160. The molecule has 0 N–H and O–H groups in total. The van der Waals surface area contributed by atoms with Gasteiger partial charge in [-0.25, -0.2) is 4.98 Å². The molecule has 4 rings (SSSR count). The first-order valence-corrected chi connectivity index (χ1v) is 11.8. The van der Waals surface area contributed by atoms with Gasteiger partial charge in [0.25, 0.3) is 0 Å². The van der Waals surface area contributed by atoms with Crippen molar-refractivity contribution in [1.82, 2.24) is 4.98 Å². The third kappa shape index (κ3) is 4.54. The predicted octanol–water partition coefficient (Wildman–Crippen LogP) is 6.93. The Morgan fingerprint density at radius 2 is 1.50 bits per heavy atom. The molecule has 30 heavy (non-hydrogen) atoms. The van der Waals surface area contributed by atoms with E-state index in [4.69, 9.17) is 13.5 Å². The van der Waals surface area contributed by atoms with Crippen LogP contribution in [0.15, 0.2) is 77.2 Å². The van der Waals surface area contributed by atoms with Crippen LogP contribution < -0.4 is 0 Å². The molecule has 0 saturated carbocycles. The number of aromatic nitrogens is 1. The van der Waals surface area contributed by atoms with Crippen molar-refractivity contribution >= 4 is 18.7 Å². The number of benzene rings is 3. The van der Waals surface area contributed by atoms with Gasteiger partial charge in [0.1, 0.15) is 5.52 Å². The second-order valence-corrected chi connectivity index (χ2v) is 8.92. The minimum atomic E-state index is -3.13. The first kappa shape index (κ1) is 20.5. The van der Waals surface area contributed by atoms with Crippen molar-refractivity contribution in [3.05, 3.63) is 78.4 Å². The summed E-state index contributed by atoms with van der Waals surface area (Å²) in [5.41, 5.74) is 5.53. The molecule has 4 aromatic rings. The molecule has 0 unspecified atom stereocenters. The van der Waals surface area contributed by atoms with Crippen LogP contribution in [0, 0.1) is 0 Å². The van der Waals surface area contributed by atoms with Crippen LogP contribution in [0.1, 0.15) is 19.4 Å². The van der Waals surface area contributed by atoms with Crippen LogP contribution in [-0.4, -0.2) is 18.2 Å². The van der Waals surface area contributed by atoms with Gasteiger partial charge in [-0.2, -0.15) is 0 Å². The summed E-state index contributed by atoms with van der Waals surface area (Å²) in [5, 5.41) is 0. The van der Waals surface area contributed by atoms with Gasteiger partial charge < -0.3 is 13.5 Å². The summed E-state index contributed by atoms with van der Waals surface area (Å²) in [6.45, 7) is 4.32. The Morgan fingerprint density at radius 1 is 0.833 bits per heavy atom. The Kier molecular flexibility index (Phi) is 6.14. The number of rotatable bonds is 8. The number of oxazole rings is 1. The maximum atomic E-state index is 12.7. The summed E-state index contributed by atoms with van der Waals surface area (Å²) in [4.78, 5) is 4.66. The van der Waals surface area contributed by atoms with Crippen molar-refractivity contribution in [2.75, 3.05) is 13.2 Å². The zero-order valence-electron chi connectivity index (χ0n) is 17.1. The summed E-state index contributed by atoms with van der Waals surface area (Å²) in [7, 11) is -3.13. The molecular weight excluding hydrogens is 397 g/mol. The minimum absolute atomic E-state index is 0.239. The molecule has 0 aliphatic rings. The molecule has 5 nitrogen and oxygen atoms in total. The van der Waals surface area contributed by atoms with Crippen molar-refractivity contribution in [3.8, 4) is 22.6 Å². The third-order valence-electron chi connectivity index (χ3n) is 4.72. The molecule has 0 radical (unpaired) electrons. The topological polar surface area (TPSA) is 61.6 Å². The number of hydrogen-bond acceptors (Lipinski definition) is 5. The third-order valence-corrected chi connectivity index (χ3v) is 6.78. The molecule has 0 amide bonds. The highest BCUT2D eigenvalue weighted by atomic mass is 31.2. The maximum absolute atomic E-state index is 12.7. The SMILES string of the molecule is CCOP(=O)(Cc1ccc(-c2nc3cc(-c4ccccc4)ccc3o2)cc1)OCC. The van der Waals surface area contributed by atoms with Crippen molar-refractivity contribution in [3.63, 3.8) is 0 Å². The highest BCUT2D eigenvalue weighted by molar-refractivity contribution is 7.53. The van der Waals surface area contributed by atoms with Gasteiger partial charge in [-0.05, 0) is 54.8 Å². The largest absolute Gasteiger partial charge is 0.436 e. The van der Waals surface area contributed by atoms with Crippen molar-refractivity contribution in [2.24, 2.45) is 0 Å². The van der Waals surface area contributed by atoms with Crippen molar-refractivity contribution in [1.29, 1.82) is 0 Å². The zero-order chi connectivity index (χ0) is 21.0. The normalized spacial score (nSPS) is 11.8. The van der Waals surface area contributed by atoms with E-state index in [1.165, 1.54) is 0 Å². The first-order valence-electron chi connectivity index (χ1n) is 10.0. The number of fused-ring (bicyclic) bond motifs is 1. The monoisotopic (exact) mass is 421 g/mol. The van der Waals surface area contributed by atoms with Gasteiger partial charge in [0.15, 0.2) is 5.58 Å². The zero-order valence-corrected chi connectivity index (χ0v) is 18.0. The average molecular weight is 421 g/mol. The molecule has 0 saturated heterocycles. The van der Waals surface area contributed by atoms with Crippen LogP contribution in [0.5, 0.6) is 0 Å². The smallest absolute Gasteiger partial charge is 0.335 e. The van der Waals surface area contributed by atoms with Gasteiger partial charge in [-0.1, -0.05) is 48.5 Å². The lowest BCUT2D eigenvalue weighted by molar-refractivity contribution is 0.219. The highest BCUT2D eigenvalue weighted by Gasteiger charge is 2.24. The molecule has 1 heterocycles. The van der Waals surface area contributed by atoms with Gasteiger partial charge in [-0.15, -0.1) is 0 Å². The lowest BCUT2D eigenvalue weighted by Gasteiger charge is -2.16. The molecular formula is C24H24NO4P. The van der Waals surface area contributed by atoms with Crippen LogP contribution in [0.2, 0.25) is 0 Å². The standard InChI is InChI=1S/C24H24NO4P/c1-3-27-30(26,28-4-2)17-18-10-12-20(13-11-18)24-25-22-16-21(14-15-23(22)29-24)19-8-6-5-7-9-19/h5-16H,3-4,17H2,1-2H3. The number of nitrogens with zero attached hydrogens (tertiary/aromatic N) is 1. The average Bonchev–Trinajstić information content (AvgIpc) is 3.18. The first-order chi connectivity index (χ1) is 14.6. The van der Waals surface area contributed by atoms with E-state index < -0.39 is 7.60 Å². The van der Waals surface area contributed by atoms with E-state index in [1.54, 1.807) is 0 Å². The Morgan fingerprint density at radius 3 is 2.17 bits per heavy atom. The highest BCUT2D eigenvalue weighted by Crippen LogP contribution is 2.51. The molecule has 0 atom stereocenters.